The molecule has 8 heteroatoms. The summed E-state index contributed by atoms with van der Waals surface area (Å²) in [5, 5.41) is 9.67. The van der Waals surface area contributed by atoms with Crippen LogP contribution < -0.4 is 9.47 Å². The molecule has 0 saturated carbocycles. The number of rotatable bonds is 7. The Kier molecular flexibility index (Phi) is 7.30. The van der Waals surface area contributed by atoms with Gasteiger partial charge in [0.05, 0.1) is 29.2 Å². The number of nitrogens with zero attached hydrogens (tertiary/aromatic N) is 2. The van der Waals surface area contributed by atoms with Crippen LogP contribution in [0.4, 0.5) is 0 Å². The molecule has 0 unspecified atom stereocenters. The van der Waals surface area contributed by atoms with Crippen LogP contribution in [0.5, 0.6) is 11.5 Å². The molecule has 1 heterocycles. The first kappa shape index (κ1) is 24.2. The molecule has 4 rings (SSSR count). The van der Waals surface area contributed by atoms with Crippen molar-refractivity contribution in [3.63, 3.8) is 0 Å². The lowest BCUT2D eigenvalue weighted by Gasteiger charge is -2.15. The molecule has 0 bridgehead atoms. The van der Waals surface area contributed by atoms with E-state index in [0.717, 1.165) is 12.8 Å². The van der Waals surface area contributed by atoms with Crippen molar-refractivity contribution in [2.24, 2.45) is 0 Å². The monoisotopic (exact) mass is 488 g/mol. The molecule has 0 aromatic heterocycles. The van der Waals surface area contributed by atoms with E-state index in [2.05, 4.69) is 6.07 Å². The van der Waals surface area contributed by atoms with Gasteiger partial charge < -0.3 is 9.47 Å². The average Bonchev–Trinajstić information content (AvgIpc) is 3.44. The van der Waals surface area contributed by atoms with Gasteiger partial charge in [0.1, 0.15) is 11.5 Å². The quantitative estimate of drug-likeness (QED) is 0.206. The summed E-state index contributed by atoms with van der Waals surface area (Å²) in [5.74, 6) is 0.273. The summed E-state index contributed by atoms with van der Waals surface area (Å²) in [6, 6.07) is 22.0. The maximum Gasteiger partial charge on any atom is 0.343 e. The van der Waals surface area contributed by atoms with Crippen molar-refractivity contribution < 1.29 is 22.7 Å². The molecule has 0 amide bonds. The molecule has 7 nitrogen and oxygen atoms in total. The number of esters is 1. The van der Waals surface area contributed by atoms with Crippen LogP contribution in [0.1, 0.15) is 34.3 Å². The molecule has 1 aliphatic heterocycles. The van der Waals surface area contributed by atoms with Gasteiger partial charge in [0.25, 0.3) is 0 Å². The van der Waals surface area contributed by atoms with Gasteiger partial charge in [-0.15, -0.1) is 0 Å². The van der Waals surface area contributed by atoms with Crippen molar-refractivity contribution >= 4 is 27.6 Å². The summed E-state index contributed by atoms with van der Waals surface area (Å²) >= 11 is 0. The molecule has 0 N–H and O–H groups in total. The lowest BCUT2D eigenvalue weighted by atomic mass is 10.0. The molecule has 35 heavy (non-hydrogen) atoms. The number of hydrogen-bond donors (Lipinski definition) is 0. The maximum absolute atomic E-state index is 12.7. The van der Waals surface area contributed by atoms with E-state index in [1.165, 1.54) is 28.6 Å². The van der Waals surface area contributed by atoms with E-state index in [9.17, 15) is 18.5 Å². The highest BCUT2D eigenvalue weighted by Gasteiger charge is 2.27. The van der Waals surface area contributed by atoms with Crippen molar-refractivity contribution in [1.29, 1.82) is 5.26 Å². The molecule has 3 aromatic carbocycles. The van der Waals surface area contributed by atoms with Gasteiger partial charge in [-0.25, -0.2) is 13.2 Å². The molecule has 0 spiro atoms. The van der Waals surface area contributed by atoms with E-state index in [1.807, 2.05) is 12.1 Å². The van der Waals surface area contributed by atoms with Gasteiger partial charge in [-0.3, -0.25) is 0 Å². The minimum Gasteiger partial charge on any atom is -0.496 e. The molecular weight excluding hydrogens is 464 g/mol. The number of methoxy groups -OCH3 is 1. The van der Waals surface area contributed by atoms with Crippen molar-refractivity contribution in [3.8, 4) is 17.6 Å². The van der Waals surface area contributed by atoms with Crippen molar-refractivity contribution in [3.05, 3.63) is 89.5 Å². The first-order valence-electron chi connectivity index (χ1n) is 11.1. The predicted octanol–water partition coefficient (Wildman–Crippen LogP) is 4.76. The third-order valence-corrected chi connectivity index (χ3v) is 7.60. The van der Waals surface area contributed by atoms with Gasteiger partial charge in [0.15, 0.2) is 0 Å². The number of para-hydroxylation sites is 1. The predicted molar refractivity (Wildman–Crippen MR) is 132 cm³/mol. The van der Waals surface area contributed by atoms with Gasteiger partial charge >= 0.3 is 5.97 Å². The van der Waals surface area contributed by atoms with E-state index in [1.54, 1.807) is 49.6 Å². The molecule has 0 atom stereocenters. The van der Waals surface area contributed by atoms with Crippen molar-refractivity contribution in [2.45, 2.75) is 17.7 Å². The fourth-order valence-electron chi connectivity index (χ4n) is 3.88. The lowest BCUT2D eigenvalue weighted by molar-refractivity contribution is 0.0734. The van der Waals surface area contributed by atoms with E-state index < -0.39 is 16.0 Å². The van der Waals surface area contributed by atoms with Crippen LogP contribution in [0.25, 0.3) is 11.6 Å². The highest BCUT2D eigenvalue weighted by atomic mass is 32.2. The fourth-order valence-corrected chi connectivity index (χ4v) is 5.40. The summed E-state index contributed by atoms with van der Waals surface area (Å²) in [4.78, 5) is 12.8. The smallest absolute Gasteiger partial charge is 0.343 e. The SMILES string of the molecule is COc1ccccc1/C(C#N)=C\c1cccc(OC(=O)c2ccc(S(=O)(=O)N3CCCC3)cc2)c1. The molecule has 0 radical (unpaired) electrons. The number of nitriles is 1. The molecular formula is C27H24N2O5S. The van der Waals surface area contributed by atoms with E-state index in [4.69, 9.17) is 9.47 Å². The molecule has 1 saturated heterocycles. The Labute approximate surface area is 204 Å². The molecule has 178 valence electrons. The summed E-state index contributed by atoms with van der Waals surface area (Å²) in [7, 11) is -2.00. The molecule has 0 aliphatic carbocycles. The van der Waals surface area contributed by atoms with Crippen LogP contribution in [-0.2, 0) is 10.0 Å². The zero-order valence-corrected chi connectivity index (χ0v) is 20.0. The standard InChI is InChI=1S/C27H24N2O5S/c1-33-26-10-3-2-9-25(26)22(19-28)17-20-7-6-8-23(18-20)34-27(30)21-11-13-24(14-12-21)35(31,32)29-15-4-5-16-29/h2-3,6-14,17-18H,4-5,15-16H2,1H3/b22-17-. The van der Waals surface area contributed by atoms with Crippen LogP contribution in [0.3, 0.4) is 0 Å². The zero-order valence-electron chi connectivity index (χ0n) is 19.2. The number of carbonyl (C=O) groups is 1. The minimum absolute atomic E-state index is 0.156. The van der Waals surface area contributed by atoms with Gasteiger partial charge in [0, 0.05) is 18.7 Å². The summed E-state index contributed by atoms with van der Waals surface area (Å²) in [5.41, 5.74) is 1.97. The zero-order chi connectivity index (χ0) is 24.8. The Morgan fingerprint density at radius 3 is 2.40 bits per heavy atom. The maximum atomic E-state index is 12.7. The van der Waals surface area contributed by atoms with E-state index in [-0.39, 0.29) is 10.5 Å². The summed E-state index contributed by atoms with van der Waals surface area (Å²) in [6.07, 6.45) is 3.40. The fraction of sp³-hybridized carbons (Fsp3) is 0.185. The third-order valence-electron chi connectivity index (χ3n) is 5.69. The van der Waals surface area contributed by atoms with Crippen LogP contribution in [0, 0.1) is 11.3 Å². The molecule has 3 aromatic rings. The first-order chi connectivity index (χ1) is 16.9. The summed E-state index contributed by atoms with van der Waals surface area (Å²) in [6.45, 7) is 1.03. The Hall–Kier alpha value is -3.93. The number of ether oxygens (including phenoxy) is 2. The number of hydrogen-bond acceptors (Lipinski definition) is 6. The Bertz CT molecular complexity index is 1400. The van der Waals surface area contributed by atoms with Gasteiger partial charge in [-0.1, -0.05) is 24.3 Å². The second-order valence-electron chi connectivity index (χ2n) is 7.97. The second kappa shape index (κ2) is 10.6. The van der Waals surface area contributed by atoms with Crippen LogP contribution in [0.2, 0.25) is 0 Å². The second-order valence-corrected chi connectivity index (χ2v) is 9.91. The van der Waals surface area contributed by atoms with E-state index >= 15 is 0 Å². The van der Waals surface area contributed by atoms with Gasteiger partial charge in [-0.05, 0) is 73.0 Å². The molecule has 1 aliphatic rings. The van der Waals surface area contributed by atoms with Gasteiger partial charge in [0.2, 0.25) is 10.0 Å². The highest BCUT2D eigenvalue weighted by molar-refractivity contribution is 7.89. The lowest BCUT2D eigenvalue weighted by Crippen LogP contribution is -2.27. The Balaban J connectivity index is 1.51. The number of carbonyl (C=O) groups excluding carboxylic acids is 1. The average molecular weight is 489 g/mol. The number of sulfonamides is 1. The number of benzene rings is 3. The van der Waals surface area contributed by atoms with Crippen LogP contribution >= 0.6 is 0 Å². The minimum atomic E-state index is -3.55. The van der Waals surface area contributed by atoms with Crippen molar-refractivity contribution in [2.75, 3.05) is 20.2 Å². The van der Waals surface area contributed by atoms with E-state index in [0.29, 0.717) is 41.3 Å². The van der Waals surface area contributed by atoms with Crippen molar-refractivity contribution in [1.82, 2.24) is 4.31 Å². The molecule has 1 fully saturated rings. The number of allylic oxidation sites excluding steroid dienone is 1. The Morgan fingerprint density at radius 2 is 1.71 bits per heavy atom. The summed E-state index contributed by atoms with van der Waals surface area (Å²) < 4.78 is 37.6. The first-order valence-corrected chi connectivity index (χ1v) is 12.5. The Morgan fingerprint density at radius 1 is 1.00 bits per heavy atom. The largest absolute Gasteiger partial charge is 0.496 e. The van der Waals surface area contributed by atoms with Gasteiger partial charge in [-0.2, -0.15) is 9.57 Å². The highest BCUT2D eigenvalue weighted by Crippen LogP contribution is 2.28. The topological polar surface area (TPSA) is 96.7 Å². The van der Waals surface area contributed by atoms with Crippen LogP contribution in [-0.4, -0.2) is 38.9 Å². The third kappa shape index (κ3) is 5.43. The van der Waals surface area contributed by atoms with Crippen LogP contribution in [0.15, 0.2) is 77.7 Å². The normalized spacial score (nSPS) is 14.3.